The van der Waals surface area contributed by atoms with Crippen LogP contribution in [0.25, 0.3) is 15.9 Å². The van der Waals surface area contributed by atoms with E-state index < -0.39 is 0 Å². The fraction of sp³-hybridized carbons (Fsp3) is 0.120. The molecule has 0 aliphatic heterocycles. The Morgan fingerprint density at radius 2 is 1.88 bits per heavy atom. The first-order valence-electron chi connectivity index (χ1n) is 10.6. The van der Waals surface area contributed by atoms with Crippen molar-refractivity contribution < 1.29 is 4.79 Å². The number of carbonyl (C=O) groups excluding carboxylic acids is 1. The summed E-state index contributed by atoms with van der Waals surface area (Å²) >= 11 is 7.45. The molecule has 1 amide bonds. The minimum absolute atomic E-state index is 0.229. The highest BCUT2D eigenvalue weighted by molar-refractivity contribution is 7.20. The van der Waals surface area contributed by atoms with Crippen LogP contribution >= 0.6 is 22.9 Å². The van der Waals surface area contributed by atoms with Gasteiger partial charge in [0.2, 0.25) is 10.1 Å². The van der Waals surface area contributed by atoms with Gasteiger partial charge in [0.15, 0.2) is 0 Å². The van der Waals surface area contributed by atoms with Crippen molar-refractivity contribution >= 4 is 55.5 Å². The predicted molar refractivity (Wildman–Crippen MR) is 136 cm³/mol. The Kier molecular flexibility index (Phi) is 5.77. The molecule has 0 atom stereocenters. The topological polar surface area (TPSA) is 88.4 Å². The summed E-state index contributed by atoms with van der Waals surface area (Å²) in [6.45, 7) is 4.34. The Bertz CT molecular complexity index is 1610. The van der Waals surface area contributed by atoms with Crippen LogP contribution in [0.2, 0.25) is 5.02 Å². The highest BCUT2D eigenvalue weighted by Crippen LogP contribution is 2.28. The van der Waals surface area contributed by atoms with E-state index in [-0.39, 0.29) is 11.5 Å². The Balaban J connectivity index is 1.43. The van der Waals surface area contributed by atoms with E-state index in [0.29, 0.717) is 38.1 Å². The molecule has 2 heterocycles. The number of rotatable bonds is 5. The van der Waals surface area contributed by atoms with Crippen LogP contribution in [0, 0.1) is 13.8 Å². The van der Waals surface area contributed by atoms with Crippen molar-refractivity contribution in [3.8, 4) is 0 Å². The molecule has 0 spiro atoms. The maximum Gasteiger partial charge on any atom is 0.283 e. The normalized spacial score (nSPS) is 11.1. The Morgan fingerprint density at radius 3 is 2.68 bits per heavy atom. The van der Waals surface area contributed by atoms with Gasteiger partial charge in [-0.15, -0.1) is 5.10 Å². The summed E-state index contributed by atoms with van der Waals surface area (Å²) in [5.74, 6) is -0.229. The van der Waals surface area contributed by atoms with Crippen molar-refractivity contribution in [1.82, 2.24) is 19.9 Å². The molecule has 7 nitrogen and oxygen atoms in total. The van der Waals surface area contributed by atoms with Gasteiger partial charge in [-0.1, -0.05) is 58.8 Å². The lowest BCUT2D eigenvalue weighted by atomic mass is 10.1. The molecule has 0 fully saturated rings. The molecule has 2 N–H and O–H groups in total. The van der Waals surface area contributed by atoms with Crippen LogP contribution in [-0.4, -0.2) is 20.5 Å². The first-order chi connectivity index (χ1) is 16.4. The molecule has 0 saturated carbocycles. The van der Waals surface area contributed by atoms with Crippen LogP contribution in [0.4, 0.5) is 10.8 Å². The Hall–Kier alpha value is -3.75. The molecule has 0 saturated heterocycles. The first-order valence-corrected chi connectivity index (χ1v) is 11.8. The molecular weight excluding hydrogens is 470 g/mol. The number of aromatic nitrogens is 3. The lowest BCUT2D eigenvalue weighted by molar-refractivity contribution is 0.0951. The first kappa shape index (κ1) is 22.1. The van der Waals surface area contributed by atoms with Gasteiger partial charge in [-0.05, 0) is 55.3 Å². The number of hydrogen-bond donors (Lipinski definition) is 2. The molecule has 34 heavy (non-hydrogen) atoms. The maximum absolute atomic E-state index is 13.0. The lowest BCUT2D eigenvalue weighted by Crippen LogP contribution is -2.23. The van der Waals surface area contributed by atoms with Crippen molar-refractivity contribution in [2.75, 3.05) is 5.32 Å². The lowest BCUT2D eigenvalue weighted by Gasteiger charge is -2.07. The number of halogens is 1. The van der Waals surface area contributed by atoms with E-state index in [4.69, 9.17) is 11.6 Å². The van der Waals surface area contributed by atoms with Crippen LogP contribution in [-0.2, 0) is 6.54 Å². The highest BCUT2D eigenvalue weighted by Gasteiger charge is 2.14. The molecule has 0 bridgehead atoms. The smallest absolute Gasteiger partial charge is 0.283 e. The summed E-state index contributed by atoms with van der Waals surface area (Å²) in [4.78, 5) is 30.7. The molecule has 3 aromatic carbocycles. The standard InChI is InChI=1S/C25H20ClN5O2S/c1-14-6-8-16(9-7-14)13-27-22(32)17-10-11-18-21(12-17)29-25-31(23(18)33)30-24(34-25)28-20-5-3-4-19(26)15(20)2/h3-12H,13H2,1-2H3,(H,27,32)(H,28,30). The third-order valence-electron chi connectivity index (χ3n) is 5.54. The number of hydrogen-bond acceptors (Lipinski definition) is 6. The van der Waals surface area contributed by atoms with Crippen molar-refractivity contribution in [3.63, 3.8) is 0 Å². The average molecular weight is 490 g/mol. The number of benzene rings is 3. The second-order valence-corrected chi connectivity index (χ2v) is 9.32. The van der Waals surface area contributed by atoms with Gasteiger partial charge in [0.25, 0.3) is 11.5 Å². The van der Waals surface area contributed by atoms with Gasteiger partial charge in [0.1, 0.15) is 0 Å². The fourth-order valence-corrected chi connectivity index (χ4v) is 4.53. The number of anilines is 2. The largest absolute Gasteiger partial charge is 0.348 e. The molecule has 0 aliphatic carbocycles. The van der Waals surface area contributed by atoms with E-state index in [0.717, 1.165) is 22.4 Å². The molecule has 2 aromatic heterocycles. The van der Waals surface area contributed by atoms with Crippen LogP contribution in [0.1, 0.15) is 27.0 Å². The zero-order valence-corrected chi connectivity index (χ0v) is 20.0. The van der Waals surface area contributed by atoms with Crippen molar-refractivity contribution in [3.05, 3.63) is 98.3 Å². The third-order valence-corrected chi connectivity index (χ3v) is 6.78. The summed E-state index contributed by atoms with van der Waals surface area (Å²) in [5, 5.41) is 12.0. The number of carbonyl (C=O) groups is 1. The van der Waals surface area contributed by atoms with Crippen LogP contribution in [0.5, 0.6) is 0 Å². The summed E-state index contributed by atoms with van der Waals surface area (Å²) in [7, 11) is 0. The van der Waals surface area contributed by atoms with Gasteiger partial charge in [-0.3, -0.25) is 9.59 Å². The van der Waals surface area contributed by atoms with Gasteiger partial charge in [-0.2, -0.15) is 4.52 Å². The van der Waals surface area contributed by atoms with Crippen LogP contribution < -0.4 is 16.2 Å². The zero-order chi connectivity index (χ0) is 23.8. The Labute approximate surface area is 204 Å². The molecule has 0 aliphatic rings. The molecule has 5 aromatic rings. The second-order valence-electron chi connectivity index (χ2n) is 7.96. The van der Waals surface area contributed by atoms with Crippen molar-refractivity contribution in [2.45, 2.75) is 20.4 Å². The number of amides is 1. The van der Waals surface area contributed by atoms with Gasteiger partial charge >= 0.3 is 0 Å². The molecule has 0 unspecified atom stereocenters. The quantitative estimate of drug-likeness (QED) is 0.352. The van der Waals surface area contributed by atoms with E-state index in [1.165, 1.54) is 15.9 Å². The third kappa shape index (κ3) is 4.25. The summed E-state index contributed by atoms with van der Waals surface area (Å²) in [5.41, 5.74) is 4.45. The monoisotopic (exact) mass is 489 g/mol. The van der Waals surface area contributed by atoms with Crippen LogP contribution in [0.3, 0.4) is 0 Å². The zero-order valence-electron chi connectivity index (χ0n) is 18.4. The summed E-state index contributed by atoms with van der Waals surface area (Å²) < 4.78 is 1.27. The van der Waals surface area contributed by atoms with Gasteiger partial charge < -0.3 is 10.6 Å². The molecule has 0 radical (unpaired) electrons. The van der Waals surface area contributed by atoms with E-state index in [9.17, 15) is 9.59 Å². The van der Waals surface area contributed by atoms with Crippen molar-refractivity contribution in [1.29, 1.82) is 0 Å². The predicted octanol–water partition coefficient (Wildman–Crippen LogP) is 5.25. The molecule has 170 valence electrons. The molecular formula is C25H20ClN5O2S. The van der Waals surface area contributed by atoms with E-state index in [1.807, 2.05) is 56.3 Å². The maximum atomic E-state index is 13.0. The number of aryl methyl sites for hydroxylation is 1. The van der Waals surface area contributed by atoms with Gasteiger partial charge in [0.05, 0.1) is 10.9 Å². The van der Waals surface area contributed by atoms with E-state index >= 15 is 0 Å². The number of nitrogens with zero attached hydrogens (tertiary/aromatic N) is 3. The Morgan fingerprint density at radius 1 is 1.09 bits per heavy atom. The second kappa shape index (κ2) is 8.89. The SMILES string of the molecule is Cc1ccc(CNC(=O)c2ccc3c(=O)n4nc(Nc5cccc(Cl)c5C)sc4nc3c2)cc1. The summed E-state index contributed by atoms with van der Waals surface area (Å²) in [6.07, 6.45) is 0. The highest BCUT2D eigenvalue weighted by atomic mass is 35.5. The van der Waals surface area contributed by atoms with E-state index in [1.54, 1.807) is 18.2 Å². The minimum Gasteiger partial charge on any atom is -0.348 e. The summed E-state index contributed by atoms with van der Waals surface area (Å²) in [6, 6.07) is 18.4. The minimum atomic E-state index is -0.293. The fourth-order valence-electron chi connectivity index (χ4n) is 3.55. The van der Waals surface area contributed by atoms with Gasteiger partial charge in [-0.25, -0.2) is 4.98 Å². The van der Waals surface area contributed by atoms with Gasteiger partial charge in [0, 0.05) is 22.8 Å². The average Bonchev–Trinajstić information content (AvgIpc) is 3.24. The number of nitrogens with one attached hydrogen (secondary N) is 2. The molecule has 5 rings (SSSR count). The van der Waals surface area contributed by atoms with E-state index in [2.05, 4.69) is 20.7 Å². The van der Waals surface area contributed by atoms with Crippen LogP contribution in [0.15, 0.2) is 65.5 Å². The molecule has 9 heteroatoms. The number of fused-ring (bicyclic) bond motifs is 2. The van der Waals surface area contributed by atoms with Crippen molar-refractivity contribution in [2.24, 2.45) is 0 Å².